The number of carbonyl (C=O) groups excluding carboxylic acids is 1. The summed E-state index contributed by atoms with van der Waals surface area (Å²) in [6.07, 6.45) is 8.94. The number of hydrogen-bond donors (Lipinski definition) is 0. The summed E-state index contributed by atoms with van der Waals surface area (Å²) in [5.41, 5.74) is 4.41. The van der Waals surface area contributed by atoms with E-state index in [4.69, 9.17) is 14.2 Å². The van der Waals surface area contributed by atoms with E-state index in [-0.39, 0.29) is 24.8 Å². The van der Waals surface area contributed by atoms with E-state index in [1.807, 2.05) is 52.2 Å². The molecule has 2 aromatic carbocycles. The molecule has 43 heavy (non-hydrogen) atoms. The van der Waals surface area contributed by atoms with Gasteiger partial charge in [-0.3, -0.25) is 4.90 Å². The van der Waals surface area contributed by atoms with Crippen molar-refractivity contribution in [2.75, 3.05) is 19.8 Å². The molecule has 0 spiro atoms. The van der Waals surface area contributed by atoms with Gasteiger partial charge in [0.1, 0.15) is 13.3 Å². The first-order chi connectivity index (χ1) is 20.9. The Morgan fingerprint density at radius 1 is 0.953 bits per heavy atom. The molecule has 3 aromatic rings. The van der Waals surface area contributed by atoms with Crippen LogP contribution in [0.2, 0.25) is 25.7 Å². The number of benzene rings is 2. The van der Waals surface area contributed by atoms with Gasteiger partial charge in [0.25, 0.3) is 0 Å². The quantitative estimate of drug-likeness (QED) is 0.157. The summed E-state index contributed by atoms with van der Waals surface area (Å²) in [4.78, 5) is 15.4. The molecule has 1 saturated carbocycles. The highest BCUT2D eigenvalue weighted by molar-refractivity contribution is 6.76. The summed E-state index contributed by atoms with van der Waals surface area (Å²) < 4.78 is 20.4. The topological polar surface area (TPSA) is 65.8 Å². The van der Waals surface area contributed by atoms with Crippen LogP contribution in [0, 0.1) is 0 Å². The number of carbonyl (C=O) groups is 1. The van der Waals surface area contributed by atoms with E-state index in [0.717, 1.165) is 61.6 Å². The number of rotatable bonds is 12. The van der Waals surface area contributed by atoms with Crippen LogP contribution in [0.3, 0.4) is 0 Å². The van der Waals surface area contributed by atoms with Crippen molar-refractivity contribution in [1.29, 1.82) is 0 Å². The van der Waals surface area contributed by atoms with Gasteiger partial charge in [-0.2, -0.15) is 5.10 Å². The van der Waals surface area contributed by atoms with Gasteiger partial charge in [-0.1, -0.05) is 86.4 Å². The first-order valence-electron chi connectivity index (χ1n) is 15.8. The van der Waals surface area contributed by atoms with Crippen molar-refractivity contribution in [3.63, 3.8) is 0 Å². The number of ether oxygens (including phenoxy) is 3. The molecule has 2 aliphatic rings. The molecule has 1 fully saturated rings. The van der Waals surface area contributed by atoms with Crippen LogP contribution in [0.5, 0.6) is 0 Å². The molecule has 1 unspecified atom stereocenters. The fourth-order valence-corrected chi connectivity index (χ4v) is 6.78. The number of aromatic nitrogens is 2. The van der Waals surface area contributed by atoms with E-state index < -0.39 is 8.07 Å². The van der Waals surface area contributed by atoms with E-state index >= 15 is 0 Å². The molecule has 0 N–H and O–H groups in total. The van der Waals surface area contributed by atoms with E-state index in [0.29, 0.717) is 25.8 Å². The second-order valence-electron chi connectivity index (χ2n) is 13.0. The van der Waals surface area contributed by atoms with Gasteiger partial charge in [0.05, 0.1) is 24.4 Å². The summed E-state index contributed by atoms with van der Waals surface area (Å²) in [5.74, 6) is 0.589. The molecule has 0 radical (unpaired) electrons. The van der Waals surface area contributed by atoms with Crippen molar-refractivity contribution in [2.24, 2.45) is 0 Å². The predicted molar refractivity (Wildman–Crippen MR) is 173 cm³/mol. The summed E-state index contributed by atoms with van der Waals surface area (Å²) in [6, 6.07) is 23.5. The minimum Gasteiger partial charge on any atom is -0.445 e. The Hall–Kier alpha value is -3.20. The van der Waals surface area contributed by atoms with Crippen LogP contribution in [0.25, 0.3) is 5.57 Å². The van der Waals surface area contributed by atoms with Crippen molar-refractivity contribution < 1.29 is 19.0 Å². The van der Waals surface area contributed by atoms with Crippen molar-refractivity contribution in [3.05, 3.63) is 95.8 Å². The van der Waals surface area contributed by atoms with Crippen LogP contribution < -0.4 is 0 Å². The van der Waals surface area contributed by atoms with E-state index in [2.05, 4.69) is 61.1 Å². The van der Waals surface area contributed by atoms with Crippen LogP contribution in [-0.2, 0) is 27.5 Å². The fraction of sp³-hybridized carbons (Fsp3) is 0.486. The molecule has 5 rings (SSSR count). The lowest BCUT2D eigenvalue weighted by atomic mass is 9.83. The van der Waals surface area contributed by atoms with Crippen LogP contribution in [0.4, 0.5) is 4.79 Å². The molecule has 2 heterocycles. The molecule has 1 atom stereocenters. The highest BCUT2D eigenvalue weighted by Gasteiger charge is 2.34. The third kappa shape index (κ3) is 8.91. The van der Waals surface area contributed by atoms with Crippen LogP contribution in [-0.4, -0.2) is 60.8 Å². The van der Waals surface area contributed by atoms with Crippen LogP contribution in [0.1, 0.15) is 54.8 Å². The van der Waals surface area contributed by atoms with Gasteiger partial charge in [-0.25, -0.2) is 9.48 Å². The van der Waals surface area contributed by atoms with Gasteiger partial charge in [0, 0.05) is 27.4 Å². The molecule has 7 nitrogen and oxygen atoms in total. The Bertz CT molecular complexity index is 1310. The van der Waals surface area contributed by atoms with Gasteiger partial charge in [-0.05, 0) is 66.8 Å². The lowest BCUT2D eigenvalue weighted by Gasteiger charge is -2.37. The first kappa shape index (κ1) is 31.2. The Morgan fingerprint density at radius 2 is 1.67 bits per heavy atom. The Balaban J connectivity index is 1.27. The second kappa shape index (κ2) is 15.0. The molecule has 1 aliphatic carbocycles. The molecule has 1 amide bonds. The lowest BCUT2D eigenvalue weighted by molar-refractivity contribution is -0.00250. The lowest BCUT2D eigenvalue weighted by Crippen LogP contribution is -2.47. The minimum absolute atomic E-state index is 0.181. The van der Waals surface area contributed by atoms with Crippen molar-refractivity contribution in [2.45, 2.75) is 89.2 Å². The first-order valence-corrected chi connectivity index (χ1v) is 19.5. The van der Waals surface area contributed by atoms with Gasteiger partial charge in [0.15, 0.2) is 0 Å². The molecule has 230 valence electrons. The van der Waals surface area contributed by atoms with Gasteiger partial charge < -0.3 is 14.2 Å². The number of nitrogens with zero attached hydrogens (tertiary/aromatic N) is 3. The highest BCUT2D eigenvalue weighted by Crippen LogP contribution is 2.35. The Kier molecular flexibility index (Phi) is 10.9. The number of hydrogen-bond acceptors (Lipinski definition) is 5. The number of amides is 1. The molecule has 1 aliphatic heterocycles. The normalized spacial score (nSPS) is 21.0. The van der Waals surface area contributed by atoms with Crippen LogP contribution in [0.15, 0.2) is 79.0 Å². The van der Waals surface area contributed by atoms with Crippen molar-refractivity contribution in [1.82, 2.24) is 14.7 Å². The molecule has 1 aromatic heterocycles. The monoisotopic (exact) mass is 601 g/mol. The zero-order valence-electron chi connectivity index (χ0n) is 26.0. The Labute approximate surface area is 257 Å². The highest BCUT2D eigenvalue weighted by atomic mass is 28.3. The third-order valence-electron chi connectivity index (χ3n) is 8.57. The maximum absolute atomic E-state index is 13.5. The third-order valence-corrected chi connectivity index (χ3v) is 10.3. The van der Waals surface area contributed by atoms with Gasteiger partial charge >= 0.3 is 6.09 Å². The molecule has 0 bridgehead atoms. The predicted octanol–water partition coefficient (Wildman–Crippen LogP) is 7.73. The van der Waals surface area contributed by atoms with E-state index in [9.17, 15) is 4.79 Å². The molecular weight excluding hydrogens is 554 g/mol. The molecule has 8 heteroatoms. The zero-order chi connectivity index (χ0) is 30.1. The maximum Gasteiger partial charge on any atom is 0.410 e. The van der Waals surface area contributed by atoms with E-state index in [1.54, 1.807) is 0 Å². The van der Waals surface area contributed by atoms with Crippen molar-refractivity contribution >= 4 is 19.7 Å². The summed E-state index contributed by atoms with van der Waals surface area (Å²) in [7, 11) is -1.18. The average molecular weight is 602 g/mol. The summed E-state index contributed by atoms with van der Waals surface area (Å²) in [5, 5.41) is 4.58. The Morgan fingerprint density at radius 3 is 2.40 bits per heavy atom. The maximum atomic E-state index is 13.5. The summed E-state index contributed by atoms with van der Waals surface area (Å²) in [6.45, 7) is 9.44. The van der Waals surface area contributed by atoms with Gasteiger partial charge in [0.2, 0.25) is 0 Å². The van der Waals surface area contributed by atoms with Crippen LogP contribution >= 0.6 is 0 Å². The fourth-order valence-electron chi connectivity index (χ4n) is 6.02. The standard InChI is InChI=1S/C35H47N3O4Si/c1-43(2,3)24-23-40-27-38-33(20-21-36-38)32-15-10-22-37(35(39)42-25-28-11-6-4-7-12-28)34(32)26-41-31-18-16-30(17-19-31)29-13-8-5-9-14-29/h4-9,11-15,20-21,30-31,34H,10,16-19,22-27H2,1-3H3. The minimum atomic E-state index is -1.18. The SMILES string of the molecule is C[Si](C)(C)CCOCn1nccc1C1=CCCN(C(=O)OCc2ccccc2)C1COC1CCC(c2ccccc2)CC1. The smallest absolute Gasteiger partial charge is 0.410 e. The largest absolute Gasteiger partial charge is 0.445 e. The second-order valence-corrected chi connectivity index (χ2v) is 18.6. The summed E-state index contributed by atoms with van der Waals surface area (Å²) >= 11 is 0. The molecule has 0 saturated heterocycles. The van der Waals surface area contributed by atoms with Crippen molar-refractivity contribution in [3.8, 4) is 0 Å². The van der Waals surface area contributed by atoms with Gasteiger partial charge in [-0.15, -0.1) is 0 Å². The molecular formula is C35H47N3O4Si. The zero-order valence-corrected chi connectivity index (χ0v) is 27.0. The van der Waals surface area contributed by atoms with E-state index in [1.165, 1.54) is 5.56 Å². The average Bonchev–Trinajstić information content (AvgIpc) is 3.50.